The van der Waals surface area contributed by atoms with E-state index in [-0.39, 0.29) is 0 Å². The minimum atomic E-state index is 0.501. The Morgan fingerprint density at radius 2 is 2.14 bits per heavy atom. The van der Waals surface area contributed by atoms with Crippen molar-refractivity contribution in [2.45, 2.75) is 6.61 Å². The van der Waals surface area contributed by atoms with Crippen LogP contribution >= 0.6 is 23.2 Å². The van der Waals surface area contributed by atoms with Crippen molar-refractivity contribution in [3.8, 4) is 0 Å². The standard InChI is InChI=1S/C10H13Cl2NO/c1-13-5-6-14-7-8-3-2-4-9(11)10(8)12/h2-4,13H,5-7H2,1H3. The van der Waals surface area contributed by atoms with E-state index in [1.54, 1.807) is 6.07 Å². The molecular weight excluding hydrogens is 221 g/mol. The van der Waals surface area contributed by atoms with Crippen molar-refractivity contribution >= 4 is 23.2 Å². The van der Waals surface area contributed by atoms with Crippen molar-refractivity contribution < 1.29 is 4.74 Å². The summed E-state index contributed by atoms with van der Waals surface area (Å²) in [4.78, 5) is 0. The predicted molar refractivity (Wildman–Crippen MR) is 60.0 cm³/mol. The van der Waals surface area contributed by atoms with Crippen LogP contribution in [0.15, 0.2) is 18.2 Å². The van der Waals surface area contributed by atoms with Gasteiger partial charge in [0.25, 0.3) is 0 Å². The maximum Gasteiger partial charge on any atom is 0.0732 e. The Hall–Kier alpha value is -0.280. The zero-order chi connectivity index (χ0) is 10.4. The molecule has 0 atom stereocenters. The molecule has 0 spiro atoms. The van der Waals surface area contributed by atoms with Crippen LogP contribution in [0, 0.1) is 0 Å². The summed E-state index contributed by atoms with van der Waals surface area (Å²) in [5.41, 5.74) is 0.926. The molecule has 0 aromatic heterocycles. The molecule has 2 nitrogen and oxygen atoms in total. The Balaban J connectivity index is 2.46. The van der Waals surface area contributed by atoms with E-state index in [2.05, 4.69) is 5.32 Å². The second kappa shape index (κ2) is 6.25. The smallest absolute Gasteiger partial charge is 0.0732 e. The van der Waals surface area contributed by atoms with Crippen molar-refractivity contribution in [3.63, 3.8) is 0 Å². The van der Waals surface area contributed by atoms with Gasteiger partial charge in [-0.05, 0) is 18.7 Å². The first-order valence-electron chi connectivity index (χ1n) is 4.41. The molecular formula is C10H13Cl2NO. The first-order chi connectivity index (χ1) is 6.75. The van der Waals surface area contributed by atoms with E-state index in [9.17, 15) is 0 Å². The third-order valence-electron chi connectivity index (χ3n) is 1.79. The number of ether oxygens (including phenoxy) is 1. The van der Waals surface area contributed by atoms with Gasteiger partial charge in [-0.2, -0.15) is 0 Å². The molecule has 1 aromatic rings. The lowest BCUT2D eigenvalue weighted by Crippen LogP contribution is -2.14. The Morgan fingerprint density at radius 1 is 1.36 bits per heavy atom. The fourth-order valence-corrected chi connectivity index (χ4v) is 1.39. The van der Waals surface area contributed by atoms with Crippen LogP contribution in [-0.2, 0) is 11.3 Å². The van der Waals surface area contributed by atoms with Crippen LogP contribution in [0.5, 0.6) is 0 Å². The number of benzene rings is 1. The first-order valence-corrected chi connectivity index (χ1v) is 5.16. The van der Waals surface area contributed by atoms with E-state index < -0.39 is 0 Å². The van der Waals surface area contributed by atoms with E-state index in [4.69, 9.17) is 27.9 Å². The number of halogens is 2. The van der Waals surface area contributed by atoms with E-state index in [0.717, 1.165) is 12.1 Å². The second-order valence-electron chi connectivity index (χ2n) is 2.87. The minimum absolute atomic E-state index is 0.501. The molecule has 0 fully saturated rings. The summed E-state index contributed by atoms with van der Waals surface area (Å²) in [6.45, 7) is 2.00. The lowest BCUT2D eigenvalue weighted by molar-refractivity contribution is 0.124. The van der Waals surface area contributed by atoms with E-state index in [1.807, 2.05) is 19.2 Å². The lowest BCUT2D eigenvalue weighted by Gasteiger charge is -2.06. The fourth-order valence-electron chi connectivity index (χ4n) is 1.02. The van der Waals surface area contributed by atoms with Crippen LogP contribution in [-0.4, -0.2) is 20.2 Å². The summed E-state index contributed by atoms with van der Waals surface area (Å²) in [6, 6.07) is 5.54. The quantitative estimate of drug-likeness (QED) is 0.791. The Labute approximate surface area is 94.2 Å². The normalized spacial score (nSPS) is 10.5. The van der Waals surface area contributed by atoms with Gasteiger partial charge in [0.15, 0.2) is 0 Å². The lowest BCUT2D eigenvalue weighted by atomic mass is 10.2. The van der Waals surface area contributed by atoms with Gasteiger partial charge in [-0.25, -0.2) is 0 Å². The molecule has 0 aliphatic carbocycles. The summed E-state index contributed by atoms with van der Waals surface area (Å²) >= 11 is 11.8. The summed E-state index contributed by atoms with van der Waals surface area (Å²) in [7, 11) is 1.88. The number of nitrogens with one attached hydrogen (secondary N) is 1. The third kappa shape index (κ3) is 3.46. The van der Waals surface area contributed by atoms with Gasteiger partial charge in [-0.1, -0.05) is 35.3 Å². The van der Waals surface area contributed by atoms with Crippen LogP contribution in [0.1, 0.15) is 5.56 Å². The van der Waals surface area contributed by atoms with E-state index in [0.29, 0.717) is 23.3 Å². The molecule has 0 saturated carbocycles. The van der Waals surface area contributed by atoms with Gasteiger partial charge >= 0.3 is 0 Å². The first kappa shape index (κ1) is 11.8. The number of hydrogen-bond donors (Lipinski definition) is 1. The number of likely N-dealkylation sites (N-methyl/N-ethyl adjacent to an activating group) is 1. The Bertz CT molecular complexity index is 291. The zero-order valence-corrected chi connectivity index (χ0v) is 9.53. The average Bonchev–Trinajstić information content (AvgIpc) is 2.19. The van der Waals surface area contributed by atoms with E-state index >= 15 is 0 Å². The summed E-state index contributed by atoms with van der Waals surface area (Å²) in [5, 5.41) is 4.15. The molecule has 1 aromatic carbocycles. The maximum atomic E-state index is 5.98. The van der Waals surface area contributed by atoms with Gasteiger partial charge in [-0.3, -0.25) is 0 Å². The molecule has 14 heavy (non-hydrogen) atoms. The zero-order valence-electron chi connectivity index (χ0n) is 8.02. The molecule has 0 unspecified atom stereocenters. The average molecular weight is 234 g/mol. The predicted octanol–water partition coefficient (Wildman–Crippen LogP) is 2.73. The van der Waals surface area contributed by atoms with Crippen molar-refractivity contribution in [2.75, 3.05) is 20.2 Å². The molecule has 1 rings (SSSR count). The summed E-state index contributed by atoms with van der Waals surface area (Å²) in [6.07, 6.45) is 0. The number of hydrogen-bond acceptors (Lipinski definition) is 2. The highest BCUT2D eigenvalue weighted by Crippen LogP contribution is 2.25. The van der Waals surface area contributed by atoms with Gasteiger partial charge in [0, 0.05) is 6.54 Å². The van der Waals surface area contributed by atoms with Crippen LogP contribution in [0.3, 0.4) is 0 Å². The van der Waals surface area contributed by atoms with Crippen LogP contribution in [0.4, 0.5) is 0 Å². The summed E-state index contributed by atoms with van der Waals surface area (Å²) in [5.74, 6) is 0. The molecule has 0 bridgehead atoms. The highest BCUT2D eigenvalue weighted by Gasteiger charge is 2.03. The van der Waals surface area contributed by atoms with Crippen LogP contribution < -0.4 is 5.32 Å². The van der Waals surface area contributed by atoms with Gasteiger partial charge in [0.05, 0.1) is 23.3 Å². The molecule has 4 heteroatoms. The van der Waals surface area contributed by atoms with Crippen LogP contribution in [0.25, 0.3) is 0 Å². The molecule has 78 valence electrons. The maximum absolute atomic E-state index is 5.98. The van der Waals surface area contributed by atoms with Crippen molar-refractivity contribution in [3.05, 3.63) is 33.8 Å². The molecule has 0 saturated heterocycles. The topological polar surface area (TPSA) is 21.3 Å². The Morgan fingerprint density at radius 3 is 2.86 bits per heavy atom. The molecule has 0 aliphatic heterocycles. The van der Waals surface area contributed by atoms with Crippen molar-refractivity contribution in [2.24, 2.45) is 0 Å². The monoisotopic (exact) mass is 233 g/mol. The second-order valence-corrected chi connectivity index (χ2v) is 3.65. The largest absolute Gasteiger partial charge is 0.375 e. The van der Waals surface area contributed by atoms with Gasteiger partial charge in [0.1, 0.15) is 0 Å². The van der Waals surface area contributed by atoms with E-state index in [1.165, 1.54) is 0 Å². The molecule has 0 aliphatic rings. The van der Waals surface area contributed by atoms with Crippen molar-refractivity contribution in [1.82, 2.24) is 5.32 Å². The van der Waals surface area contributed by atoms with Crippen LogP contribution in [0.2, 0.25) is 10.0 Å². The highest BCUT2D eigenvalue weighted by molar-refractivity contribution is 6.42. The SMILES string of the molecule is CNCCOCc1cccc(Cl)c1Cl. The Kier molecular flexibility index (Phi) is 5.26. The fraction of sp³-hybridized carbons (Fsp3) is 0.400. The van der Waals surface area contributed by atoms with Gasteiger partial charge in [-0.15, -0.1) is 0 Å². The summed E-state index contributed by atoms with van der Waals surface area (Å²) < 4.78 is 5.39. The minimum Gasteiger partial charge on any atom is -0.375 e. The van der Waals surface area contributed by atoms with Gasteiger partial charge in [0.2, 0.25) is 0 Å². The van der Waals surface area contributed by atoms with Crippen molar-refractivity contribution in [1.29, 1.82) is 0 Å². The number of rotatable bonds is 5. The molecule has 0 radical (unpaired) electrons. The van der Waals surface area contributed by atoms with Gasteiger partial charge < -0.3 is 10.1 Å². The highest BCUT2D eigenvalue weighted by atomic mass is 35.5. The molecule has 0 amide bonds. The third-order valence-corrected chi connectivity index (χ3v) is 2.64. The molecule has 1 N–H and O–H groups in total. The molecule has 0 heterocycles.